The molecule has 0 aliphatic carbocycles. The molecule has 0 saturated heterocycles. The van der Waals surface area contributed by atoms with Gasteiger partial charge < -0.3 is 11.1 Å². The average Bonchev–Trinajstić information content (AvgIpc) is 2.84. The van der Waals surface area contributed by atoms with Crippen molar-refractivity contribution in [2.75, 3.05) is 5.73 Å². The second-order valence-corrected chi connectivity index (χ2v) is 4.62. The highest BCUT2D eigenvalue weighted by atomic mass is 32.1. The standard InChI is InChI=1S/C11H14N4OS/c1-6-4-17-5-8(6)3-13-11(16)10-9(12)7(2)14-15-10/h4-5H,3,12H2,1-2H3,(H,13,16)(H,14,15). The highest BCUT2D eigenvalue weighted by Gasteiger charge is 2.15. The minimum absolute atomic E-state index is 0.252. The zero-order valence-electron chi connectivity index (χ0n) is 9.70. The minimum atomic E-state index is -0.252. The molecule has 0 bridgehead atoms. The molecule has 0 aliphatic rings. The summed E-state index contributed by atoms with van der Waals surface area (Å²) < 4.78 is 0. The molecule has 0 radical (unpaired) electrons. The van der Waals surface area contributed by atoms with Gasteiger partial charge in [0, 0.05) is 6.54 Å². The maximum absolute atomic E-state index is 11.8. The van der Waals surface area contributed by atoms with Gasteiger partial charge in [-0.2, -0.15) is 16.4 Å². The third kappa shape index (κ3) is 2.31. The number of carbonyl (C=O) groups is 1. The Morgan fingerprint density at radius 3 is 2.82 bits per heavy atom. The van der Waals surface area contributed by atoms with Crippen molar-refractivity contribution in [3.63, 3.8) is 0 Å². The number of carbonyl (C=O) groups excluding carboxylic acids is 1. The molecule has 5 nitrogen and oxygen atoms in total. The molecule has 0 aliphatic heterocycles. The first kappa shape index (κ1) is 11.7. The van der Waals surface area contributed by atoms with E-state index in [-0.39, 0.29) is 11.6 Å². The number of thiophene rings is 1. The molecule has 0 aromatic carbocycles. The van der Waals surface area contributed by atoms with Crippen molar-refractivity contribution >= 4 is 22.9 Å². The van der Waals surface area contributed by atoms with Gasteiger partial charge in [-0.1, -0.05) is 0 Å². The molecule has 17 heavy (non-hydrogen) atoms. The molecule has 90 valence electrons. The summed E-state index contributed by atoms with van der Waals surface area (Å²) in [7, 11) is 0. The molecule has 0 fully saturated rings. The maximum atomic E-state index is 11.8. The number of hydrogen-bond acceptors (Lipinski definition) is 4. The minimum Gasteiger partial charge on any atom is -0.395 e. The predicted octanol–water partition coefficient (Wildman–Crippen LogP) is 1.60. The van der Waals surface area contributed by atoms with Crippen molar-refractivity contribution in [3.8, 4) is 0 Å². The van der Waals surface area contributed by atoms with Gasteiger partial charge in [-0.3, -0.25) is 9.89 Å². The summed E-state index contributed by atoms with van der Waals surface area (Å²) in [5.41, 5.74) is 9.41. The predicted molar refractivity (Wildman–Crippen MR) is 68.0 cm³/mol. The van der Waals surface area contributed by atoms with Gasteiger partial charge in [-0.25, -0.2) is 0 Å². The van der Waals surface area contributed by atoms with Crippen molar-refractivity contribution in [1.29, 1.82) is 0 Å². The van der Waals surface area contributed by atoms with Crippen LogP contribution in [0, 0.1) is 13.8 Å². The van der Waals surface area contributed by atoms with E-state index in [0.29, 0.717) is 17.9 Å². The lowest BCUT2D eigenvalue weighted by molar-refractivity contribution is 0.0947. The van der Waals surface area contributed by atoms with Crippen LogP contribution < -0.4 is 11.1 Å². The number of H-pyrrole nitrogens is 1. The van der Waals surface area contributed by atoms with E-state index in [1.54, 1.807) is 18.3 Å². The van der Waals surface area contributed by atoms with Crippen molar-refractivity contribution < 1.29 is 4.79 Å². The molecule has 2 heterocycles. The van der Waals surface area contributed by atoms with Crippen LogP contribution in [0.3, 0.4) is 0 Å². The number of amides is 1. The summed E-state index contributed by atoms with van der Waals surface area (Å²) in [4.78, 5) is 11.8. The van der Waals surface area contributed by atoms with Gasteiger partial charge in [0.1, 0.15) is 0 Å². The molecule has 4 N–H and O–H groups in total. The number of nitrogens with one attached hydrogen (secondary N) is 2. The Bertz CT molecular complexity index is 543. The first-order valence-electron chi connectivity index (χ1n) is 5.20. The van der Waals surface area contributed by atoms with Gasteiger partial charge >= 0.3 is 0 Å². The zero-order chi connectivity index (χ0) is 12.4. The summed E-state index contributed by atoms with van der Waals surface area (Å²) in [6.07, 6.45) is 0. The van der Waals surface area contributed by atoms with Crippen LogP contribution in [-0.2, 0) is 6.54 Å². The van der Waals surface area contributed by atoms with Crippen LogP contribution in [0.4, 0.5) is 5.69 Å². The normalized spacial score (nSPS) is 10.5. The van der Waals surface area contributed by atoms with Crippen LogP contribution in [0.2, 0.25) is 0 Å². The lowest BCUT2D eigenvalue weighted by Crippen LogP contribution is -2.24. The van der Waals surface area contributed by atoms with Crippen molar-refractivity contribution in [2.24, 2.45) is 0 Å². The largest absolute Gasteiger partial charge is 0.395 e. The van der Waals surface area contributed by atoms with Crippen molar-refractivity contribution in [1.82, 2.24) is 15.5 Å². The Labute approximate surface area is 103 Å². The number of aromatic nitrogens is 2. The van der Waals surface area contributed by atoms with Gasteiger partial charge in [-0.05, 0) is 35.7 Å². The van der Waals surface area contributed by atoms with Gasteiger partial charge in [0.2, 0.25) is 0 Å². The Kier molecular flexibility index (Phi) is 3.14. The molecular weight excluding hydrogens is 236 g/mol. The maximum Gasteiger partial charge on any atom is 0.274 e. The topological polar surface area (TPSA) is 83.8 Å². The Morgan fingerprint density at radius 1 is 1.53 bits per heavy atom. The van der Waals surface area contributed by atoms with E-state index in [1.807, 2.05) is 12.3 Å². The van der Waals surface area contributed by atoms with E-state index in [0.717, 1.165) is 5.56 Å². The second-order valence-electron chi connectivity index (χ2n) is 3.87. The van der Waals surface area contributed by atoms with Gasteiger partial charge in [-0.15, -0.1) is 0 Å². The number of anilines is 1. The van der Waals surface area contributed by atoms with E-state index < -0.39 is 0 Å². The van der Waals surface area contributed by atoms with Crippen molar-refractivity contribution in [3.05, 3.63) is 33.3 Å². The molecule has 0 unspecified atom stereocenters. The molecule has 2 aromatic heterocycles. The van der Waals surface area contributed by atoms with Gasteiger partial charge in [0.25, 0.3) is 5.91 Å². The van der Waals surface area contributed by atoms with Crippen LogP contribution >= 0.6 is 11.3 Å². The number of hydrogen-bond donors (Lipinski definition) is 3. The smallest absolute Gasteiger partial charge is 0.274 e. The fraction of sp³-hybridized carbons (Fsp3) is 0.273. The summed E-state index contributed by atoms with van der Waals surface area (Å²) >= 11 is 1.62. The van der Waals surface area contributed by atoms with Crippen molar-refractivity contribution in [2.45, 2.75) is 20.4 Å². The number of aromatic amines is 1. The van der Waals surface area contributed by atoms with Crippen LogP contribution in [0.15, 0.2) is 10.8 Å². The number of nitrogen functional groups attached to an aromatic ring is 1. The summed E-state index contributed by atoms with van der Waals surface area (Å²) in [5, 5.41) is 13.4. The van der Waals surface area contributed by atoms with Crippen LogP contribution in [-0.4, -0.2) is 16.1 Å². The van der Waals surface area contributed by atoms with Gasteiger partial charge in [0.15, 0.2) is 5.69 Å². The summed E-state index contributed by atoms with van der Waals surface area (Å²) in [6, 6.07) is 0. The lowest BCUT2D eigenvalue weighted by Gasteiger charge is -2.03. The molecule has 0 saturated carbocycles. The van der Waals surface area contributed by atoms with Gasteiger partial charge in [0.05, 0.1) is 11.4 Å². The first-order chi connectivity index (χ1) is 8.09. The van der Waals surface area contributed by atoms with E-state index in [2.05, 4.69) is 20.9 Å². The molecule has 0 atom stereocenters. The third-order valence-electron chi connectivity index (χ3n) is 2.61. The lowest BCUT2D eigenvalue weighted by atomic mass is 10.2. The van der Waals surface area contributed by atoms with E-state index in [4.69, 9.17) is 5.73 Å². The number of aryl methyl sites for hydroxylation is 2. The number of nitrogens with zero attached hydrogens (tertiary/aromatic N) is 1. The Morgan fingerprint density at radius 2 is 2.29 bits per heavy atom. The monoisotopic (exact) mass is 250 g/mol. The fourth-order valence-electron chi connectivity index (χ4n) is 1.44. The second kappa shape index (κ2) is 4.58. The van der Waals surface area contributed by atoms with E-state index in [9.17, 15) is 4.79 Å². The fourth-order valence-corrected chi connectivity index (χ4v) is 2.30. The highest BCUT2D eigenvalue weighted by Crippen LogP contribution is 2.15. The van der Waals surface area contributed by atoms with E-state index in [1.165, 1.54) is 5.56 Å². The van der Waals surface area contributed by atoms with Crippen LogP contribution in [0.1, 0.15) is 27.3 Å². The summed E-state index contributed by atoms with van der Waals surface area (Å²) in [6.45, 7) is 4.30. The Balaban J connectivity index is 2.03. The number of nitrogens with two attached hydrogens (primary N) is 1. The first-order valence-corrected chi connectivity index (χ1v) is 6.14. The Hall–Kier alpha value is -1.82. The SMILES string of the molecule is Cc1cscc1CNC(=O)c1n[nH]c(C)c1N. The quantitative estimate of drug-likeness (QED) is 0.773. The molecule has 2 aromatic rings. The van der Waals surface area contributed by atoms with Crippen LogP contribution in [0.25, 0.3) is 0 Å². The molecule has 1 amide bonds. The average molecular weight is 250 g/mol. The molecule has 2 rings (SSSR count). The van der Waals surface area contributed by atoms with Crippen LogP contribution in [0.5, 0.6) is 0 Å². The molecule has 0 spiro atoms. The molecular formula is C11H14N4OS. The zero-order valence-corrected chi connectivity index (χ0v) is 10.5. The molecule has 6 heteroatoms. The van der Waals surface area contributed by atoms with E-state index >= 15 is 0 Å². The summed E-state index contributed by atoms with van der Waals surface area (Å²) in [5.74, 6) is -0.252. The highest BCUT2D eigenvalue weighted by molar-refractivity contribution is 7.08. The number of rotatable bonds is 3. The third-order valence-corrected chi connectivity index (χ3v) is 3.52.